The smallest absolute Gasteiger partial charge is 0.312 e. The molecule has 0 aromatic heterocycles. The molecular weight excluding hydrogens is 280 g/mol. The van der Waals surface area contributed by atoms with E-state index in [4.69, 9.17) is 14.2 Å². The van der Waals surface area contributed by atoms with Crippen molar-refractivity contribution in [1.82, 2.24) is 0 Å². The van der Waals surface area contributed by atoms with Gasteiger partial charge < -0.3 is 14.2 Å². The molecule has 0 N–H and O–H groups in total. The van der Waals surface area contributed by atoms with E-state index >= 15 is 0 Å². The van der Waals surface area contributed by atoms with Crippen molar-refractivity contribution >= 4 is 5.97 Å². The number of carbonyl (C=O) groups excluding carboxylic acids is 1. The van der Waals surface area contributed by atoms with Crippen molar-refractivity contribution in [3.8, 4) is 0 Å². The summed E-state index contributed by atoms with van der Waals surface area (Å²) in [6.07, 6.45) is 2.44. The molecule has 3 unspecified atom stereocenters. The molecular formula is C18H34O4. The molecule has 130 valence electrons. The first-order chi connectivity index (χ1) is 10.1. The SMILES string of the molecule is CCCC1OCC(COC(=O)C(C)(CC(C)(C)C)C(C)C)O1. The summed E-state index contributed by atoms with van der Waals surface area (Å²) in [6.45, 7) is 15.5. The molecule has 1 rings (SSSR count). The second-order valence-electron chi connectivity index (χ2n) is 8.22. The highest BCUT2D eigenvalue weighted by Gasteiger charge is 2.41. The minimum atomic E-state index is -0.472. The zero-order chi connectivity index (χ0) is 17.0. The molecule has 0 radical (unpaired) electrons. The van der Waals surface area contributed by atoms with E-state index in [-0.39, 0.29) is 36.3 Å². The summed E-state index contributed by atoms with van der Waals surface area (Å²) in [4.78, 5) is 12.6. The van der Waals surface area contributed by atoms with Crippen LogP contribution in [0.5, 0.6) is 0 Å². The van der Waals surface area contributed by atoms with Crippen LogP contribution < -0.4 is 0 Å². The van der Waals surface area contributed by atoms with Crippen LogP contribution in [0.25, 0.3) is 0 Å². The Morgan fingerprint density at radius 1 is 1.27 bits per heavy atom. The monoisotopic (exact) mass is 314 g/mol. The molecule has 0 spiro atoms. The molecule has 1 heterocycles. The van der Waals surface area contributed by atoms with Gasteiger partial charge in [0.25, 0.3) is 0 Å². The second kappa shape index (κ2) is 7.78. The van der Waals surface area contributed by atoms with Gasteiger partial charge in [-0.25, -0.2) is 0 Å². The van der Waals surface area contributed by atoms with Gasteiger partial charge >= 0.3 is 5.97 Å². The number of ether oxygens (including phenoxy) is 3. The Labute approximate surface area is 135 Å². The first kappa shape index (κ1) is 19.4. The minimum absolute atomic E-state index is 0.0806. The van der Waals surface area contributed by atoms with Crippen molar-refractivity contribution in [1.29, 1.82) is 0 Å². The van der Waals surface area contributed by atoms with Gasteiger partial charge in [-0.15, -0.1) is 0 Å². The summed E-state index contributed by atoms with van der Waals surface area (Å²) in [5.74, 6) is 0.104. The molecule has 0 saturated carbocycles. The van der Waals surface area contributed by atoms with E-state index in [9.17, 15) is 4.79 Å². The lowest BCUT2D eigenvalue weighted by atomic mass is 9.69. The van der Waals surface area contributed by atoms with Gasteiger partial charge in [-0.05, 0) is 31.1 Å². The third kappa shape index (κ3) is 5.54. The Bertz CT molecular complexity index is 359. The highest BCUT2D eigenvalue weighted by atomic mass is 16.7. The molecule has 1 aliphatic heterocycles. The van der Waals surface area contributed by atoms with E-state index < -0.39 is 5.41 Å². The first-order valence-corrected chi connectivity index (χ1v) is 8.53. The molecule has 4 nitrogen and oxygen atoms in total. The summed E-state index contributed by atoms with van der Waals surface area (Å²) in [7, 11) is 0. The molecule has 0 bridgehead atoms. The van der Waals surface area contributed by atoms with Gasteiger partial charge in [0.15, 0.2) is 6.29 Å². The largest absolute Gasteiger partial charge is 0.462 e. The zero-order valence-electron chi connectivity index (χ0n) is 15.4. The van der Waals surface area contributed by atoms with Gasteiger partial charge in [0, 0.05) is 0 Å². The topological polar surface area (TPSA) is 44.8 Å². The summed E-state index contributed by atoms with van der Waals surface area (Å²) in [6, 6.07) is 0. The Hall–Kier alpha value is -0.610. The third-order valence-corrected chi connectivity index (χ3v) is 4.38. The fraction of sp³-hybridized carbons (Fsp3) is 0.944. The Balaban J connectivity index is 2.55. The number of esters is 1. The number of carbonyl (C=O) groups is 1. The van der Waals surface area contributed by atoms with E-state index in [1.807, 2.05) is 6.92 Å². The van der Waals surface area contributed by atoms with Gasteiger partial charge in [-0.2, -0.15) is 0 Å². The van der Waals surface area contributed by atoms with Gasteiger partial charge in [0.1, 0.15) is 12.7 Å². The van der Waals surface area contributed by atoms with Crippen LogP contribution in [0.4, 0.5) is 0 Å². The summed E-state index contributed by atoms with van der Waals surface area (Å²) in [5.41, 5.74) is -0.391. The van der Waals surface area contributed by atoms with Crippen LogP contribution in [0.15, 0.2) is 0 Å². The van der Waals surface area contributed by atoms with Gasteiger partial charge in [0.05, 0.1) is 12.0 Å². The average Bonchev–Trinajstić information content (AvgIpc) is 2.81. The van der Waals surface area contributed by atoms with Crippen molar-refractivity contribution in [3.05, 3.63) is 0 Å². The molecule has 0 aliphatic carbocycles. The lowest BCUT2D eigenvalue weighted by Crippen LogP contribution is -2.39. The maximum Gasteiger partial charge on any atom is 0.312 e. The van der Waals surface area contributed by atoms with Crippen molar-refractivity contribution < 1.29 is 19.0 Å². The standard InChI is InChI=1S/C18H34O4/c1-8-9-15-20-10-14(22-15)11-21-16(19)18(7,13(2)3)12-17(4,5)6/h13-15H,8-12H2,1-7H3. The predicted octanol–water partition coefficient (Wildman–Crippen LogP) is 4.17. The summed E-state index contributed by atoms with van der Waals surface area (Å²) < 4.78 is 16.8. The molecule has 0 amide bonds. The normalized spacial score (nSPS) is 25.3. The zero-order valence-corrected chi connectivity index (χ0v) is 15.4. The summed E-state index contributed by atoms with van der Waals surface area (Å²) in [5, 5.41) is 0. The number of hydrogen-bond donors (Lipinski definition) is 0. The lowest BCUT2D eigenvalue weighted by molar-refractivity contribution is -0.164. The predicted molar refractivity (Wildman–Crippen MR) is 87.5 cm³/mol. The van der Waals surface area contributed by atoms with Crippen molar-refractivity contribution in [2.45, 2.75) is 80.1 Å². The number of hydrogen-bond acceptors (Lipinski definition) is 4. The molecule has 1 aliphatic rings. The Kier molecular flexibility index (Phi) is 6.87. The van der Waals surface area contributed by atoms with Crippen LogP contribution in [0.3, 0.4) is 0 Å². The molecule has 22 heavy (non-hydrogen) atoms. The molecule has 0 aromatic rings. The van der Waals surface area contributed by atoms with Crippen LogP contribution in [-0.4, -0.2) is 31.6 Å². The van der Waals surface area contributed by atoms with Crippen molar-refractivity contribution in [3.63, 3.8) is 0 Å². The summed E-state index contributed by atoms with van der Waals surface area (Å²) >= 11 is 0. The molecule has 4 heteroatoms. The van der Waals surface area contributed by atoms with Crippen LogP contribution in [0.1, 0.15) is 67.7 Å². The Morgan fingerprint density at radius 2 is 1.91 bits per heavy atom. The quantitative estimate of drug-likeness (QED) is 0.662. The maximum atomic E-state index is 12.6. The van der Waals surface area contributed by atoms with Gasteiger partial charge in [-0.1, -0.05) is 48.0 Å². The van der Waals surface area contributed by atoms with Gasteiger partial charge in [0.2, 0.25) is 0 Å². The molecule has 0 aromatic carbocycles. The minimum Gasteiger partial charge on any atom is -0.462 e. The third-order valence-electron chi connectivity index (χ3n) is 4.38. The fourth-order valence-electron chi connectivity index (χ4n) is 2.93. The lowest BCUT2D eigenvalue weighted by Gasteiger charge is -2.37. The van der Waals surface area contributed by atoms with E-state index in [0.717, 1.165) is 19.3 Å². The maximum absolute atomic E-state index is 12.6. The second-order valence-corrected chi connectivity index (χ2v) is 8.22. The van der Waals surface area contributed by atoms with E-state index in [1.165, 1.54) is 0 Å². The first-order valence-electron chi connectivity index (χ1n) is 8.53. The van der Waals surface area contributed by atoms with Gasteiger partial charge in [-0.3, -0.25) is 4.79 Å². The van der Waals surface area contributed by atoms with Crippen LogP contribution >= 0.6 is 0 Å². The van der Waals surface area contributed by atoms with E-state index in [1.54, 1.807) is 0 Å². The molecule has 1 saturated heterocycles. The number of rotatable bonds is 7. The highest BCUT2D eigenvalue weighted by molar-refractivity contribution is 5.76. The Morgan fingerprint density at radius 3 is 2.41 bits per heavy atom. The van der Waals surface area contributed by atoms with Crippen LogP contribution in [0.2, 0.25) is 0 Å². The van der Waals surface area contributed by atoms with E-state index in [2.05, 4.69) is 41.5 Å². The van der Waals surface area contributed by atoms with Crippen LogP contribution in [0, 0.1) is 16.7 Å². The van der Waals surface area contributed by atoms with Crippen LogP contribution in [-0.2, 0) is 19.0 Å². The molecule has 1 fully saturated rings. The fourth-order valence-corrected chi connectivity index (χ4v) is 2.93. The molecule has 3 atom stereocenters. The highest BCUT2D eigenvalue weighted by Crippen LogP contribution is 2.40. The van der Waals surface area contributed by atoms with Crippen molar-refractivity contribution in [2.75, 3.05) is 13.2 Å². The average molecular weight is 314 g/mol. The van der Waals surface area contributed by atoms with E-state index in [0.29, 0.717) is 6.61 Å². The van der Waals surface area contributed by atoms with Crippen molar-refractivity contribution in [2.24, 2.45) is 16.7 Å².